The molecule has 0 bridgehead atoms. The van der Waals surface area contributed by atoms with Gasteiger partial charge in [0.2, 0.25) is 0 Å². The molecule has 2 aromatic carbocycles. The van der Waals surface area contributed by atoms with Crippen LogP contribution in [0.4, 0.5) is 8.78 Å². The first-order valence-corrected chi connectivity index (χ1v) is 9.81. The van der Waals surface area contributed by atoms with E-state index in [1.54, 1.807) is 0 Å². The number of aromatic nitrogens is 2. The van der Waals surface area contributed by atoms with Gasteiger partial charge in [-0.2, -0.15) is 0 Å². The molecule has 0 aliphatic rings. The summed E-state index contributed by atoms with van der Waals surface area (Å²) in [7, 11) is 0. The van der Waals surface area contributed by atoms with Gasteiger partial charge in [0.25, 0.3) is 5.91 Å². The van der Waals surface area contributed by atoms with E-state index in [0.717, 1.165) is 41.2 Å². The minimum Gasteiger partial charge on any atom is -0.392 e. The molecule has 0 atom stereocenters. The molecule has 0 radical (unpaired) electrons. The number of benzene rings is 2. The minimum absolute atomic E-state index is 0.0782. The van der Waals surface area contributed by atoms with Crippen LogP contribution in [0, 0.1) is 11.6 Å². The molecule has 1 heterocycles. The zero-order chi connectivity index (χ0) is 21.0. The van der Waals surface area contributed by atoms with Crippen LogP contribution in [-0.2, 0) is 19.7 Å². The predicted octanol–water partition coefficient (Wildman–Crippen LogP) is 4.27. The van der Waals surface area contributed by atoms with Crippen molar-refractivity contribution in [3.8, 4) is 0 Å². The van der Waals surface area contributed by atoms with Crippen molar-refractivity contribution < 1.29 is 18.7 Å². The number of rotatable bonds is 8. The predicted molar refractivity (Wildman–Crippen MR) is 107 cm³/mol. The molecule has 0 saturated heterocycles. The zero-order valence-corrected chi connectivity index (χ0v) is 16.7. The molecule has 1 aromatic heterocycles. The van der Waals surface area contributed by atoms with E-state index in [2.05, 4.69) is 11.9 Å². The van der Waals surface area contributed by atoms with Gasteiger partial charge >= 0.3 is 0 Å². The number of fused-ring (bicyclic) bond motifs is 1. The first kappa shape index (κ1) is 20.9. The number of hydrogen-bond donors (Lipinski definition) is 1. The topological polar surface area (TPSA) is 58.4 Å². The van der Waals surface area contributed by atoms with Crippen molar-refractivity contribution in [3.05, 3.63) is 65.0 Å². The van der Waals surface area contributed by atoms with Crippen LogP contribution in [0.1, 0.15) is 48.4 Å². The lowest BCUT2D eigenvalue weighted by Gasteiger charge is -2.23. The average molecular weight is 401 g/mol. The van der Waals surface area contributed by atoms with E-state index in [0.29, 0.717) is 25.3 Å². The lowest BCUT2D eigenvalue weighted by Crippen LogP contribution is -2.33. The molecule has 29 heavy (non-hydrogen) atoms. The lowest BCUT2D eigenvalue weighted by atomic mass is 10.1. The van der Waals surface area contributed by atoms with Gasteiger partial charge in [0, 0.05) is 13.1 Å². The number of halogens is 2. The van der Waals surface area contributed by atoms with Crippen LogP contribution < -0.4 is 0 Å². The number of aryl methyl sites for hydroxylation is 1. The van der Waals surface area contributed by atoms with E-state index in [1.807, 2.05) is 29.7 Å². The number of carbonyl (C=O) groups is 1. The van der Waals surface area contributed by atoms with Gasteiger partial charge in [0.1, 0.15) is 17.5 Å². The number of aliphatic hydroxyl groups is 1. The molecule has 1 amide bonds. The van der Waals surface area contributed by atoms with Gasteiger partial charge in [-0.05, 0) is 48.7 Å². The van der Waals surface area contributed by atoms with Crippen molar-refractivity contribution in [2.75, 3.05) is 6.54 Å². The molecule has 0 aliphatic carbocycles. The molecule has 0 spiro atoms. The highest BCUT2D eigenvalue weighted by Crippen LogP contribution is 2.21. The zero-order valence-electron chi connectivity index (χ0n) is 16.7. The Morgan fingerprint density at radius 2 is 1.93 bits per heavy atom. The molecule has 5 nitrogen and oxygen atoms in total. The fourth-order valence-electron chi connectivity index (χ4n) is 3.44. The molecule has 0 fully saturated rings. The van der Waals surface area contributed by atoms with Crippen LogP contribution in [0.3, 0.4) is 0 Å². The van der Waals surface area contributed by atoms with E-state index in [4.69, 9.17) is 0 Å². The highest BCUT2D eigenvalue weighted by Gasteiger charge is 2.22. The van der Waals surface area contributed by atoms with Gasteiger partial charge < -0.3 is 14.6 Å². The number of aliphatic hydroxyl groups excluding tert-OH is 1. The van der Waals surface area contributed by atoms with Crippen molar-refractivity contribution in [1.82, 2.24) is 14.5 Å². The Balaban J connectivity index is 1.99. The Morgan fingerprint density at radius 1 is 1.14 bits per heavy atom. The SMILES string of the molecule is CCCN(Cc1nc2cc(CO)ccc2n1CCC)C(=O)c1cc(F)ccc1F. The third-order valence-corrected chi connectivity index (χ3v) is 4.79. The van der Waals surface area contributed by atoms with Gasteiger partial charge in [-0.3, -0.25) is 4.79 Å². The van der Waals surface area contributed by atoms with E-state index >= 15 is 0 Å². The van der Waals surface area contributed by atoms with E-state index in [-0.39, 0.29) is 18.7 Å². The largest absolute Gasteiger partial charge is 0.392 e. The Morgan fingerprint density at radius 3 is 2.62 bits per heavy atom. The maximum Gasteiger partial charge on any atom is 0.257 e. The molecule has 0 saturated carbocycles. The Kier molecular flexibility index (Phi) is 6.59. The lowest BCUT2D eigenvalue weighted by molar-refractivity contribution is 0.0732. The van der Waals surface area contributed by atoms with Crippen LogP contribution in [0.2, 0.25) is 0 Å². The van der Waals surface area contributed by atoms with E-state index < -0.39 is 17.5 Å². The Hall–Kier alpha value is -2.80. The van der Waals surface area contributed by atoms with E-state index in [1.165, 1.54) is 4.90 Å². The fraction of sp³-hybridized carbons (Fsp3) is 0.364. The summed E-state index contributed by atoms with van der Waals surface area (Å²) in [6.07, 6.45) is 1.55. The standard InChI is InChI=1S/C22H25F2N3O2/c1-3-9-26(22(29)17-12-16(23)6-7-18(17)24)13-21-25-19-11-15(14-28)5-8-20(19)27(21)10-4-2/h5-8,11-12,28H,3-4,9-10,13-14H2,1-2H3. The van der Waals surface area contributed by atoms with Crippen molar-refractivity contribution in [2.45, 2.75) is 46.4 Å². The van der Waals surface area contributed by atoms with Crippen LogP contribution >= 0.6 is 0 Å². The molecule has 154 valence electrons. The van der Waals surface area contributed by atoms with Crippen LogP contribution in [0.5, 0.6) is 0 Å². The van der Waals surface area contributed by atoms with Crippen molar-refractivity contribution in [3.63, 3.8) is 0 Å². The molecular formula is C22H25F2N3O2. The first-order valence-electron chi connectivity index (χ1n) is 9.81. The summed E-state index contributed by atoms with van der Waals surface area (Å²) in [6.45, 7) is 5.19. The smallest absolute Gasteiger partial charge is 0.257 e. The monoisotopic (exact) mass is 401 g/mol. The summed E-state index contributed by atoms with van der Waals surface area (Å²) in [6, 6.07) is 8.47. The summed E-state index contributed by atoms with van der Waals surface area (Å²) < 4.78 is 29.8. The number of carbonyl (C=O) groups excluding carboxylic acids is 1. The Bertz CT molecular complexity index is 1020. The van der Waals surface area contributed by atoms with Gasteiger partial charge in [0.05, 0.1) is 29.7 Å². The van der Waals surface area contributed by atoms with Crippen LogP contribution in [0.25, 0.3) is 11.0 Å². The van der Waals surface area contributed by atoms with Crippen LogP contribution in [0.15, 0.2) is 36.4 Å². The summed E-state index contributed by atoms with van der Waals surface area (Å²) in [5.41, 5.74) is 2.13. The van der Waals surface area contributed by atoms with E-state index in [9.17, 15) is 18.7 Å². The number of hydrogen-bond acceptors (Lipinski definition) is 3. The molecule has 0 unspecified atom stereocenters. The summed E-state index contributed by atoms with van der Waals surface area (Å²) in [4.78, 5) is 19.1. The maximum absolute atomic E-state index is 14.2. The maximum atomic E-state index is 14.2. The highest BCUT2D eigenvalue weighted by molar-refractivity contribution is 5.94. The molecule has 0 aliphatic heterocycles. The normalized spacial score (nSPS) is 11.2. The minimum atomic E-state index is -0.743. The van der Waals surface area contributed by atoms with Gasteiger partial charge in [-0.25, -0.2) is 13.8 Å². The summed E-state index contributed by atoms with van der Waals surface area (Å²) in [5.74, 6) is -1.28. The summed E-state index contributed by atoms with van der Waals surface area (Å²) in [5, 5.41) is 9.39. The molecule has 3 aromatic rings. The second-order valence-electron chi connectivity index (χ2n) is 7.01. The third-order valence-electron chi connectivity index (χ3n) is 4.79. The van der Waals surface area contributed by atoms with Crippen LogP contribution in [-0.4, -0.2) is 32.0 Å². The van der Waals surface area contributed by atoms with Gasteiger partial charge in [-0.15, -0.1) is 0 Å². The number of imidazole rings is 1. The van der Waals surface area contributed by atoms with Crippen molar-refractivity contribution in [1.29, 1.82) is 0 Å². The second kappa shape index (κ2) is 9.13. The van der Waals surface area contributed by atoms with Gasteiger partial charge in [-0.1, -0.05) is 19.9 Å². The fourth-order valence-corrected chi connectivity index (χ4v) is 3.44. The number of amides is 1. The average Bonchev–Trinajstić information content (AvgIpc) is 3.05. The molecule has 7 heteroatoms. The molecular weight excluding hydrogens is 376 g/mol. The van der Waals surface area contributed by atoms with Crippen molar-refractivity contribution in [2.24, 2.45) is 0 Å². The Labute approximate surface area is 168 Å². The number of nitrogens with zero attached hydrogens (tertiary/aromatic N) is 3. The highest BCUT2D eigenvalue weighted by atomic mass is 19.1. The van der Waals surface area contributed by atoms with Gasteiger partial charge in [0.15, 0.2) is 0 Å². The third kappa shape index (κ3) is 4.45. The quantitative estimate of drug-likeness (QED) is 0.613. The summed E-state index contributed by atoms with van der Waals surface area (Å²) >= 11 is 0. The van der Waals surface area contributed by atoms with Crippen molar-refractivity contribution >= 4 is 16.9 Å². The molecule has 3 rings (SSSR count). The first-order chi connectivity index (χ1) is 14.0. The molecule has 1 N–H and O–H groups in total. The second-order valence-corrected chi connectivity index (χ2v) is 7.01.